The normalized spacial score (nSPS) is 17.4. The van der Waals surface area contributed by atoms with Crippen molar-refractivity contribution in [2.24, 2.45) is 9.98 Å². The monoisotopic (exact) mass is 392 g/mol. The summed E-state index contributed by atoms with van der Waals surface area (Å²) >= 11 is 1.64. The fourth-order valence-electron chi connectivity index (χ4n) is 3.04. The molecule has 4 rings (SSSR count). The zero-order valence-corrected chi connectivity index (χ0v) is 16.3. The minimum absolute atomic E-state index is 0.607. The number of benzene rings is 3. The predicted molar refractivity (Wildman–Crippen MR) is 117 cm³/mol. The van der Waals surface area contributed by atoms with Crippen molar-refractivity contribution >= 4 is 23.7 Å². The lowest BCUT2D eigenvalue weighted by Gasteiger charge is -2.23. The minimum atomic E-state index is -0.799. The molecule has 0 radical (unpaired) electrons. The quantitative estimate of drug-likeness (QED) is 0.610. The first-order valence-corrected chi connectivity index (χ1v) is 10.1. The maximum atomic E-state index is 9.11. The van der Waals surface area contributed by atoms with Crippen molar-refractivity contribution in [3.63, 3.8) is 0 Å². The van der Waals surface area contributed by atoms with Gasteiger partial charge in [-0.1, -0.05) is 66.4 Å². The second-order valence-corrected chi connectivity index (χ2v) is 7.66. The predicted octanol–water partition coefficient (Wildman–Crippen LogP) is 5.05. The number of aliphatic imine (C=N–C) groups is 2. The standard InChI is InChI=1S/C24H16N4S/c25-14-18-6-10-21(11-7-18)23-16-27-24(28-23,22-12-8-19(15-26)9-13-22)29-17-20-4-2-1-3-5-20/h1-13,16H,17H2. The number of hydrogen-bond donors (Lipinski definition) is 0. The molecule has 0 saturated carbocycles. The Morgan fingerprint density at radius 3 is 2.03 bits per heavy atom. The lowest BCUT2D eigenvalue weighted by molar-refractivity contribution is 0.720. The van der Waals surface area contributed by atoms with Crippen LogP contribution >= 0.6 is 11.8 Å². The van der Waals surface area contributed by atoms with E-state index in [2.05, 4.69) is 24.3 Å². The van der Waals surface area contributed by atoms with Crippen LogP contribution < -0.4 is 0 Å². The van der Waals surface area contributed by atoms with Gasteiger partial charge in [0.15, 0.2) is 0 Å². The molecule has 1 aliphatic heterocycles. The zero-order valence-electron chi connectivity index (χ0n) is 15.5. The highest BCUT2D eigenvalue weighted by molar-refractivity contribution is 7.99. The van der Waals surface area contributed by atoms with Gasteiger partial charge in [0.2, 0.25) is 4.99 Å². The van der Waals surface area contributed by atoms with Crippen molar-refractivity contribution in [1.82, 2.24) is 0 Å². The number of nitrogens with zero attached hydrogens (tertiary/aromatic N) is 4. The molecule has 1 unspecified atom stereocenters. The molecule has 3 aromatic carbocycles. The van der Waals surface area contributed by atoms with Crippen molar-refractivity contribution in [2.45, 2.75) is 10.7 Å². The Kier molecular flexibility index (Phi) is 5.24. The smallest absolute Gasteiger partial charge is 0.224 e. The van der Waals surface area contributed by atoms with Gasteiger partial charge in [-0.05, 0) is 29.8 Å². The van der Waals surface area contributed by atoms with Crippen molar-refractivity contribution in [1.29, 1.82) is 10.5 Å². The molecule has 1 atom stereocenters. The molecule has 138 valence electrons. The lowest BCUT2D eigenvalue weighted by Crippen LogP contribution is -2.15. The lowest BCUT2D eigenvalue weighted by atomic mass is 10.1. The van der Waals surface area contributed by atoms with E-state index in [0.29, 0.717) is 11.1 Å². The first-order valence-electron chi connectivity index (χ1n) is 9.06. The Morgan fingerprint density at radius 2 is 1.41 bits per heavy atom. The van der Waals surface area contributed by atoms with E-state index in [0.717, 1.165) is 22.6 Å². The number of rotatable bonds is 5. The summed E-state index contributed by atoms with van der Waals surface area (Å²) in [5, 5.41) is 18.1. The van der Waals surface area contributed by atoms with Gasteiger partial charge in [0, 0.05) is 16.9 Å². The van der Waals surface area contributed by atoms with Gasteiger partial charge in [-0.2, -0.15) is 10.5 Å². The van der Waals surface area contributed by atoms with Gasteiger partial charge in [-0.25, -0.2) is 9.98 Å². The summed E-state index contributed by atoms with van der Waals surface area (Å²) in [5.41, 5.74) is 5.04. The molecule has 0 amide bonds. The van der Waals surface area contributed by atoms with Crippen LogP contribution in [0.2, 0.25) is 0 Å². The van der Waals surface area contributed by atoms with Crippen LogP contribution in [0.1, 0.15) is 27.8 Å². The summed E-state index contributed by atoms with van der Waals surface area (Å²) in [6.45, 7) is 0. The van der Waals surface area contributed by atoms with Crippen LogP contribution in [0.25, 0.3) is 0 Å². The summed E-state index contributed by atoms with van der Waals surface area (Å²) in [4.78, 5) is 8.97. The summed E-state index contributed by atoms with van der Waals surface area (Å²) in [7, 11) is 0. The molecule has 0 bridgehead atoms. The van der Waals surface area contributed by atoms with Crippen molar-refractivity contribution in [2.75, 3.05) is 0 Å². The molecular formula is C24H16N4S. The molecule has 0 N–H and O–H groups in total. The Morgan fingerprint density at radius 1 is 0.793 bits per heavy atom. The van der Waals surface area contributed by atoms with Crippen LogP contribution in [0.3, 0.4) is 0 Å². The summed E-state index contributed by atoms with van der Waals surface area (Å²) < 4.78 is 0. The van der Waals surface area contributed by atoms with E-state index in [1.54, 1.807) is 42.2 Å². The molecule has 0 aromatic heterocycles. The van der Waals surface area contributed by atoms with Crippen LogP contribution in [-0.4, -0.2) is 11.9 Å². The summed E-state index contributed by atoms with van der Waals surface area (Å²) in [5.74, 6) is 0.752. The molecule has 4 nitrogen and oxygen atoms in total. The summed E-state index contributed by atoms with van der Waals surface area (Å²) in [6, 6.07) is 29.3. The first kappa shape index (κ1) is 18.7. The van der Waals surface area contributed by atoms with Crippen LogP contribution in [0.5, 0.6) is 0 Å². The van der Waals surface area contributed by atoms with Crippen LogP contribution in [0, 0.1) is 22.7 Å². The van der Waals surface area contributed by atoms with Crippen molar-refractivity contribution in [3.8, 4) is 12.1 Å². The van der Waals surface area contributed by atoms with E-state index in [1.165, 1.54) is 5.56 Å². The first-order chi connectivity index (χ1) is 14.2. The summed E-state index contributed by atoms with van der Waals surface area (Å²) in [6.07, 6.45) is 1.79. The van der Waals surface area contributed by atoms with Crippen LogP contribution in [0.15, 0.2) is 88.8 Å². The Balaban J connectivity index is 1.70. The third-order valence-electron chi connectivity index (χ3n) is 4.62. The number of thioether (sulfide) groups is 1. The highest BCUT2D eigenvalue weighted by Gasteiger charge is 2.35. The second kappa shape index (κ2) is 8.14. The molecule has 5 heteroatoms. The van der Waals surface area contributed by atoms with Crippen molar-refractivity contribution < 1.29 is 0 Å². The molecule has 0 spiro atoms. The molecule has 3 aromatic rings. The molecule has 0 saturated heterocycles. The average molecular weight is 392 g/mol. The van der Waals surface area contributed by atoms with E-state index < -0.39 is 4.99 Å². The number of nitriles is 2. The molecule has 0 fully saturated rings. The SMILES string of the molecule is N#Cc1ccc(C2=NC(SCc3ccccc3)(c3ccc(C#N)cc3)N=C2)cc1. The van der Waals surface area contributed by atoms with Gasteiger partial charge in [-0.15, -0.1) is 0 Å². The van der Waals surface area contributed by atoms with Crippen LogP contribution in [-0.2, 0) is 10.7 Å². The largest absolute Gasteiger partial charge is 0.246 e. The van der Waals surface area contributed by atoms with Gasteiger partial charge >= 0.3 is 0 Å². The molecule has 0 aliphatic carbocycles. The molecular weight excluding hydrogens is 376 g/mol. The van der Waals surface area contributed by atoms with E-state index in [4.69, 9.17) is 20.5 Å². The van der Waals surface area contributed by atoms with Gasteiger partial charge in [0.1, 0.15) is 0 Å². The fraction of sp³-hybridized carbons (Fsp3) is 0.0833. The Labute approximate surface area is 173 Å². The average Bonchev–Trinajstić information content (AvgIpc) is 3.24. The van der Waals surface area contributed by atoms with Gasteiger partial charge < -0.3 is 0 Å². The Bertz CT molecular complexity index is 1150. The van der Waals surface area contributed by atoms with E-state index in [1.807, 2.05) is 42.5 Å². The maximum absolute atomic E-state index is 9.11. The maximum Gasteiger partial charge on any atom is 0.224 e. The topological polar surface area (TPSA) is 72.3 Å². The molecule has 1 heterocycles. The minimum Gasteiger partial charge on any atom is -0.246 e. The van der Waals surface area contributed by atoms with Gasteiger partial charge in [-0.3, -0.25) is 0 Å². The highest BCUT2D eigenvalue weighted by atomic mass is 32.2. The molecule has 1 aliphatic rings. The van der Waals surface area contributed by atoms with Gasteiger partial charge in [0.25, 0.3) is 0 Å². The highest BCUT2D eigenvalue weighted by Crippen LogP contribution is 2.43. The van der Waals surface area contributed by atoms with Crippen molar-refractivity contribution in [3.05, 3.63) is 107 Å². The molecule has 29 heavy (non-hydrogen) atoms. The van der Waals surface area contributed by atoms with E-state index in [-0.39, 0.29) is 0 Å². The number of hydrogen-bond acceptors (Lipinski definition) is 5. The van der Waals surface area contributed by atoms with E-state index >= 15 is 0 Å². The third kappa shape index (κ3) is 3.96. The Hall–Kier alpha value is -3.67. The van der Waals surface area contributed by atoms with E-state index in [9.17, 15) is 0 Å². The zero-order chi connectivity index (χ0) is 20.1. The fourth-order valence-corrected chi connectivity index (χ4v) is 4.19. The van der Waals surface area contributed by atoms with Crippen LogP contribution in [0.4, 0.5) is 0 Å². The third-order valence-corrected chi connectivity index (χ3v) is 5.93. The van der Waals surface area contributed by atoms with Gasteiger partial charge in [0.05, 0.1) is 35.2 Å². The second-order valence-electron chi connectivity index (χ2n) is 6.52.